The lowest BCUT2D eigenvalue weighted by atomic mass is 10.2. The second-order valence-corrected chi connectivity index (χ2v) is 8.83. The van der Waals surface area contributed by atoms with E-state index in [0.29, 0.717) is 22.8 Å². The van der Waals surface area contributed by atoms with Crippen LogP contribution in [0.15, 0.2) is 80.0 Å². The summed E-state index contributed by atoms with van der Waals surface area (Å²) >= 11 is 0. The third-order valence-electron chi connectivity index (χ3n) is 3.66. The summed E-state index contributed by atoms with van der Waals surface area (Å²) in [6.45, 7) is 0. The standard InChI is InChI=1S/C17H16N4O5S2/c18-27(22,23)15-6-1-12(2-7-15)17-10-5-14(26-17)11-20-21-13-3-8-16(9-4-13)28(19,24)25/h1-11,21H,(H2,18,22,23)(H2,19,24,25). The van der Waals surface area contributed by atoms with E-state index in [-0.39, 0.29) is 9.79 Å². The first-order valence-electron chi connectivity index (χ1n) is 7.78. The van der Waals surface area contributed by atoms with Crippen LogP contribution in [-0.4, -0.2) is 23.1 Å². The summed E-state index contributed by atoms with van der Waals surface area (Å²) in [5, 5.41) is 14.1. The number of nitrogens with zero attached hydrogens (tertiary/aromatic N) is 1. The molecular weight excluding hydrogens is 404 g/mol. The van der Waals surface area contributed by atoms with Gasteiger partial charge in [-0.2, -0.15) is 5.10 Å². The first-order chi connectivity index (χ1) is 13.1. The summed E-state index contributed by atoms with van der Waals surface area (Å²) < 4.78 is 50.6. The molecule has 2 aromatic carbocycles. The first kappa shape index (κ1) is 19.8. The number of hydrogen-bond acceptors (Lipinski definition) is 7. The molecule has 0 atom stereocenters. The normalized spacial score (nSPS) is 12.4. The molecule has 9 nitrogen and oxygen atoms in total. The van der Waals surface area contributed by atoms with Gasteiger partial charge in [-0.1, -0.05) is 0 Å². The number of benzene rings is 2. The smallest absolute Gasteiger partial charge is 0.238 e. The number of nitrogens with two attached hydrogens (primary N) is 2. The zero-order valence-corrected chi connectivity index (χ0v) is 15.9. The van der Waals surface area contributed by atoms with E-state index in [9.17, 15) is 16.8 Å². The molecule has 28 heavy (non-hydrogen) atoms. The summed E-state index contributed by atoms with van der Waals surface area (Å²) in [5.41, 5.74) is 3.98. The van der Waals surface area contributed by atoms with E-state index in [4.69, 9.17) is 14.7 Å². The largest absolute Gasteiger partial charge is 0.455 e. The van der Waals surface area contributed by atoms with Crippen molar-refractivity contribution in [1.82, 2.24) is 0 Å². The number of nitrogens with one attached hydrogen (secondary N) is 1. The number of rotatable bonds is 6. The van der Waals surface area contributed by atoms with Gasteiger partial charge in [-0.05, 0) is 60.7 Å². The maximum Gasteiger partial charge on any atom is 0.238 e. The van der Waals surface area contributed by atoms with Crippen LogP contribution in [0.1, 0.15) is 5.76 Å². The van der Waals surface area contributed by atoms with E-state index in [1.807, 2.05) is 0 Å². The lowest BCUT2D eigenvalue weighted by Gasteiger charge is -2.01. The minimum Gasteiger partial charge on any atom is -0.455 e. The van der Waals surface area contributed by atoms with E-state index >= 15 is 0 Å². The van der Waals surface area contributed by atoms with Gasteiger partial charge in [0.1, 0.15) is 11.5 Å². The average Bonchev–Trinajstić information content (AvgIpc) is 3.10. The van der Waals surface area contributed by atoms with Crippen molar-refractivity contribution >= 4 is 31.9 Å². The summed E-state index contributed by atoms with van der Waals surface area (Å²) in [5.74, 6) is 0.985. The summed E-state index contributed by atoms with van der Waals surface area (Å²) in [6, 6.07) is 15.2. The second kappa shape index (κ2) is 7.56. The molecule has 0 unspecified atom stereocenters. The maximum atomic E-state index is 11.3. The van der Waals surface area contributed by atoms with Gasteiger partial charge in [0.15, 0.2) is 0 Å². The minimum absolute atomic E-state index is 0.00570. The Kier molecular flexibility index (Phi) is 5.34. The molecule has 0 amide bonds. The number of hydrazone groups is 1. The van der Waals surface area contributed by atoms with Crippen LogP contribution in [0.3, 0.4) is 0 Å². The van der Waals surface area contributed by atoms with Crippen LogP contribution in [0.2, 0.25) is 0 Å². The van der Waals surface area contributed by atoms with Crippen molar-refractivity contribution in [3.8, 4) is 11.3 Å². The Morgan fingerprint density at radius 3 is 1.86 bits per heavy atom. The fourth-order valence-electron chi connectivity index (χ4n) is 2.28. The Labute approximate surface area is 161 Å². The molecule has 0 fully saturated rings. The molecule has 0 spiro atoms. The van der Waals surface area contributed by atoms with E-state index in [1.54, 1.807) is 24.3 Å². The third kappa shape index (κ3) is 4.84. The van der Waals surface area contributed by atoms with Gasteiger partial charge in [-0.15, -0.1) is 0 Å². The summed E-state index contributed by atoms with van der Waals surface area (Å²) in [7, 11) is -7.49. The van der Waals surface area contributed by atoms with Crippen molar-refractivity contribution in [2.75, 3.05) is 5.43 Å². The van der Waals surface area contributed by atoms with Crippen LogP contribution < -0.4 is 15.7 Å². The van der Waals surface area contributed by atoms with E-state index < -0.39 is 20.0 Å². The molecule has 3 aromatic rings. The predicted molar refractivity (Wildman–Crippen MR) is 105 cm³/mol. The molecule has 1 aromatic heterocycles. The highest BCUT2D eigenvalue weighted by Crippen LogP contribution is 2.23. The van der Waals surface area contributed by atoms with Gasteiger partial charge in [-0.25, -0.2) is 27.1 Å². The molecule has 3 rings (SSSR count). The van der Waals surface area contributed by atoms with E-state index in [2.05, 4.69) is 10.5 Å². The molecule has 0 aliphatic carbocycles. The Bertz CT molecular complexity index is 1210. The molecule has 1 heterocycles. The number of primary sulfonamides is 2. The fraction of sp³-hybridized carbons (Fsp3) is 0. The maximum absolute atomic E-state index is 11.3. The zero-order chi connectivity index (χ0) is 20.4. The van der Waals surface area contributed by atoms with Gasteiger partial charge in [0.05, 0.1) is 21.7 Å². The Balaban J connectivity index is 1.67. The van der Waals surface area contributed by atoms with Gasteiger partial charge in [0.2, 0.25) is 20.0 Å². The summed E-state index contributed by atoms with van der Waals surface area (Å²) in [6.07, 6.45) is 1.44. The van der Waals surface area contributed by atoms with Gasteiger partial charge >= 0.3 is 0 Å². The van der Waals surface area contributed by atoms with Crippen molar-refractivity contribution in [1.29, 1.82) is 0 Å². The second-order valence-electron chi connectivity index (χ2n) is 5.71. The topological polar surface area (TPSA) is 158 Å². The molecule has 0 saturated carbocycles. The third-order valence-corrected chi connectivity index (χ3v) is 5.52. The van der Waals surface area contributed by atoms with Crippen molar-refractivity contribution < 1.29 is 21.3 Å². The number of furan rings is 1. The highest BCUT2D eigenvalue weighted by atomic mass is 32.2. The quantitative estimate of drug-likeness (QED) is 0.406. The SMILES string of the molecule is NS(=O)(=O)c1ccc(NN=Cc2ccc(-c3ccc(S(N)(=O)=O)cc3)o2)cc1. The molecule has 0 aliphatic heterocycles. The van der Waals surface area contributed by atoms with Crippen molar-refractivity contribution in [2.45, 2.75) is 9.79 Å². The predicted octanol–water partition coefficient (Wildman–Crippen LogP) is 1.69. The van der Waals surface area contributed by atoms with Gasteiger partial charge in [0.25, 0.3) is 0 Å². The fourth-order valence-corrected chi connectivity index (χ4v) is 3.31. The lowest BCUT2D eigenvalue weighted by Crippen LogP contribution is -2.11. The van der Waals surface area contributed by atoms with Crippen molar-refractivity contribution in [3.05, 3.63) is 66.4 Å². The van der Waals surface area contributed by atoms with Crippen LogP contribution in [0.5, 0.6) is 0 Å². The van der Waals surface area contributed by atoms with Crippen molar-refractivity contribution in [2.24, 2.45) is 15.4 Å². The van der Waals surface area contributed by atoms with Crippen LogP contribution in [-0.2, 0) is 20.0 Å². The number of sulfonamides is 2. The van der Waals surface area contributed by atoms with Crippen LogP contribution in [0, 0.1) is 0 Å². The Hall–Kier alpha value is -2.99. The molecule has 146 valence electrons. The van der Waals surface area contributed by atoms with Gasteiger partial charge in [0, 0.05) is 5.56 Å². The zero-order valence-electron chi connectivity index (χ0n) is 14.3. The molecule has 0 saturated heterocycles. The van der Waals surface area contributed by atoms with E-state index in [1.165, 1.54) is 42.6 Å². The van der Waals surface area contributed by atoms with Crippen LogP contribution in [0.4, 0.5) is 5.69 Å². The minimum atomic E-state index is -3.75. The molecule has 11 heteroatoms. The Morgan fingerprint density at radius 1 is 0.786 bits per heavy atom. The monoisotopic (exact) mass is 420 g/mol. The van der Waals surface area contributed by atoms with Crippen molar-refractivity contribution in [3.63, 3.8) is 0 Å². The summed E-state index contributed by atoms with van der Waals surface area (Å²) in [4.78, 5) is 0.0217. The molecule has 0 radical (unpaired) electrons. The number of hydrogen-bond donors (Lipinski definition) is 3. The molecule has 5 N–H and O–H groups in total. The van der Waals surface area contributed by atoms with Crippen LogP contribution in [0.25, 0.3) is 11.3 Å². The van der Waals surface area contributed by atoms with Gasteiger partial charge in [-0.3, -0.25) is 5.43 Å². The molecule has 0 bridgehead atoms. The molecule has 0 aliphatic rings. The Morgan fingerprint density at radius 2 is 1.32 bits per heavy atom. The lowest BCUT2D eigenvalue weighted by molar-refractivity contribution is 0.575. The highest BCUT2D eigenvalue weighted by Gasteiger charge is 2.09. The first-order valence-corrected chi connectivity index (χ1v) is 10.9. The van der Waals surface area contributed by atoms with Crippen LogP contribution >= 0.6 is 0 Å². The van der Waals surface area contributed by atoms with Gasteiger partial charge < -0.3 is 4.42 Å². The van der Waals surface area contributed by atoms with E-state index in [0.717, 1.165) is 0 Å². The molecular formula is C17H16N4O5S2. The highest BCUT2D eigenvalue weighted by molar-refractivity contribution is 7.89. The number of anilines is 1. The average molecular weight is 420 g/mol.